The van der Waals surface area contributed by atoms with E-state index in [0.29, 0.717) is 29.9 Å². The summed E-state index contributed by atoms with van der Waals surface area (Å²) >= 11 is 0. The van der Waals surface area contributed by atoms with Crippen LogP contribution in [-0.2, 0) is 23.0 Å². The highest BCUT2D eigenvalue weighted by atomic mass is 32.2. The van der Waals surface area contributed by atoms with Crippen LogP contribution in [0.5, 0.6) is 0 Å². The van der Waals surface area contributed by atoms with Gasteiger partial charge in [0.05, 0.1) is 34.1 Å². The first-order valence-corrected chi connectivity index (χ1v) is 15.2. The number of fused-ring (bicyclic) bond motifs is 2. The van der Waals surface area contributed by atoms with Crippen molar-refractivity contribution in [2.75, 3.05) is 0 Å². The van der Waals surface area contributed by atoms with Crippen LogP contribution in [0.25, 0.3) is 11.8 Å². The van der Waals surface area contributed by atoms with Crippen LogP contribution in [0.3, 0.4) is 0 Å². The molecule has 0 aliphatic heterocycles. The molecule has 0 amide bonds. The van der Waals surface area contributed by atoms with E-state index in [4.69, 9.17) is 0 Å². The van der Waals surface area contributed by atoms with E-state index in [1.54, 1.807) is 53.3 Å². The molecule has 3 heterocycles. The lowest BCUT2D eigenvalue weighted by atomic mass is 9.58. The van der Waals surface area contributed by atoms with Crippen LogP contribution >= 0.6 is 0 Å². The Labute approximate surface area is 233 Å². The topological polar surface area (TPSA) is 82.7 Å². The van der Waals surface area contributed by atoms with Gasteiger partial charge in [0.1, 0.15) is 11.5 Å². The van der Waals surface area contributed by atoms with Crippen molar-refractivity contribution in [3.05, 3.63) is 95.1 Å². The van der Waals surface area contributed by atoms with Gasteiger partial charge < -0.3 is 0 Å². The highest BCUT2D eigenvalue weighted by molar-refractivity contribution is 8.00. The van der Waals surface area contributed by atoms with Crippen molar-refractivity contribution >= 4 is 27.3 Å². The zero-order valence-electron chi connectivity index (χ0n) is 22.9. The van der Waals surface area contributed by atoms with E-state index in [2.05, 4.69) is 27.1 Å². The van der Waals surface area contributed by atoms with Crippen molar-refractivity contribution in [2.24, 2.45) is 18.4 Å². The monoisotopic (exact) mass is 557 g/mol. The van der Waals surface area contributed by atoms with Gasteiger partial charge in [0.2, 0.25) is 0 Å². The molecule has 0 radical (unpaired) electrons. The summed E-state index contributed by atoms with van der Waals surface area (Å²) in [6.45, 7) is 3.95. The Balaban J connectivity index is 1.43. The second-order valence-corrected chi connectivity index (χ2v) is 13.9. The zero-order valence-corrected chi connectivity index (χ0v) is 23.7. The molecule has 40 heavy (non-hydrogen) atoms. The number of hydrogen-bond acceptors (Lipinski definition) is 5. The minimum absolute atomic E-state index is 0.00445. The van der Waals surface area contributed by atoms with Gasteiger partial charge in [-0.1, -0.05) is 12.5 Å². The predicted octanol–water partition coefficient (Wildman–Crippen LogP) is 5.22. The summed E-state index contributed by atoms with van der Waals surface area (Å²) in [5.74, 6) is 3.85. The zero-order chi connectivity index (χ0) is 28.2. The van der Waals surface area contributed by atoms with E-state index in [1.807, 2.05) is 26.0 Å². The maximum absolute atomic E-state index is 14.5. The van der Waals surface area contributed by atoms with Crippen molar-refractivity contribution in [3.8, 4) is 5.69 Å². The largest absolute Gasteiger partial charge is 0.291 e. The van der Waals surface area contributed by atoms with E-state index in [0.717, 1.165) is 34.5 Å². The molecule has 0 spiro atoms. The lowest BCUT2D eigenvalue weighted by molar-refractivity contribution is 0.0754. The Bertz CT molecular complexity index is 1750. The molecule has 9 heteroatoms. The molecule has 206 valence electrons. The van der Waals surface area contributed by atoms with Gasteiger partial charge >= 0.3 is 0 Å². The van der Waals surface area contributed by atoms with Crippen molar-refractivity contribution < 1.29 is 13.4 Å². The third-order valence-corrected chi connectivity index (χ3v) is 11.3. The van der Waals surface area contributed by atoms with Gasteiger partial charge in [-0.25, -0.2) is 9.07 Å². The van der Waals surface area contributed by atoms with Crippen molar-refractivity contribution in [1.29, 1.82) is 0 Å². The second-order valence-electron chi connectivity index (χ2n) is 11.2. The van der Waals surface area contributed by atoms with Gasteiger partial charge in [-0.05, 0) is 98.0 Å². The number of Topliss-reactive ketones (excluding diaryl/α,β-unsaturated/α-hetero) is 1. The van der Waals surface area contributed by atoms with E-state index in [9.17, 15) is 13.4 Å². The molecule has 1 unspecified atom stereocenters. The first-order chi connectivity index (χ1) is 19.1. The number of hydrogen-bond donors (Lipinski definition) is 0. The Hall–Kier alpha value is -3.85. The standard InChI is InChI=1S/C31H32FN5O2S/c1-20-11-12-33-28(13-20)30(38)31-15-22(21(2)40(4,39)27-18-34-36(3)19-27)5-6-24(31)14-29-23(16-31)17-35-37(29)26-9-7-25(32)8-10-26/h7-14,17-19,21-22H,4-6,15-16H2,1-3H3/t21-,22+,31-,40?/m1/s1. The number of halogens is 1. The SMILES string of the molecule is C=S(=O)(c1cnn(C)c1)[C@H](C)[C@H]1CCC2=Cc3c(cnn3-c3ccc(F)cc3)C[C@]2(C(=O)c2cc(C)ccn2)C1. The summed E-state index contributed by atoms with van der Waals surface area (Å²) in [4.78, 5) is 19.6. The van der Waals surface area contributed by atoms with Gasteiger partial charge in [-0.3, -0.25) is 18.7 Å². The fourth-order valence-electron chi connectivity index (χ4n) is 6.34. The van der Waals surface area contributed by atoms with Gasteiger partial charge in [-0.2, -0.15) is 10.2 Å². The van der Waals surface area contributed by atoms with Crippen LogP contribution < -0.4 is 0 Å². The van der Waals surface area contributed by atoms with Gasteiger partial charge in [0.25, 0.3) is 0 Å². The predicted molar refractivity (Wildman–Crippen MR) is 154 cm³/mol. The minimum atomic E-state index is -2.65. The van der Waals surface area contributed by atoms with Gasteiger partial charge in [0.15, 0.2) is 5.78 Å². The molecular weight excluding hydrogens is 525 g/mol. The van der Waals surface area contributed by atoms with Gasteiger partial charge in [0, 0.05) is 34.2 Å². The van der Waals surface area contributed by atoms with Crippen LogP contribution in [0.1, 0.15) is 53.5 Å². The van der Waals surface area contributed by atoms with E-state index < -0.39 is 14.9 Å². The molecule has 7 nitrogen and oxygen atoms in total. The average Bonchev–Trinajstić information content (AvgIpc) is 3.57. The number of benzene rings is 1. The lowest BCUT2D eigenvalue weighted by Gasteiger charge is -2.45. The second kappa shape index (κ2) is 9.66. The number of rotatable bonds is 6. The summed E-state index contributed by atoms with van der Waals surface area (Å²) in [5.41, 5.74) is 4.24. The van der Waals surface area contributed by atoms with E-state index >= 15 is 0 Å². The lowest BCUT2D eigenvalue weighted by Crippen LogP contribution is -2.45. The fourth-order valence-corrected chi connectivity index (χ4v) is 8.18. The number of aromatic nitrogens is 5. The molecular formula is C31H32FN5O2S. The third kappa shape index (κ3) is 4.33. The molecule has 2 aliphatic rings. The van der Waals surface area contributed by atoms with Crippen LogP contribution in [0, 0.1) is 24.1 Å². The Morgan fingerprint density at radius 1 is 1.20 bits per heavy atom. The summed E-state index contributed by atoms with van der Waals surface area (Å²) in [6.07, 6.45) is 11.5. The third-order valence-electron chi connectivity index (χ3n) is 8.70. The minimum Gasteiger partial charge on any atom is -0.291 e. The van der Waals surface area contributed by atoms with Crippen LogP contribution in [-0.4, -0.2) is 45.7 Å². The first kappa shape index (κ1) is 26.4. The summed E-state index contributed by atoms with van der Waals surface area (Å²) in [5, 5.41) is 8.59. The number of aryl methyl sites for hydroxylation is 2. The maximum Gasteiger partial charge on any atom is 0.191 e. The summed E-state index contributed by atoms with van der Waals surface area (Å²) in [7, 11) is -0.851. The van der Waals surface area contributed by atoms with E-state index in [1.165, 1.54) is 12.1 Å². The molecule has 3 aromatic heterocycles. The van der Waals surface area contributed by atoms with E-state index in [-0.39, 0.29) is 22.8 Å². The fraction of sp³-hybridized carbons (Fsp3) is 0.323. The smallest absolute Gasteiger partial charge is 0.191 e. The number of nitrogens with zero attached hydrogens (tertiary/aromatic N) is 5. The van der Waals surface area contributed by atoms with Crippen molar-refractivity contribution in [1.82, 2.24) is 24.5 Å². The molecule has 0 bridgehead atoms. The average molecular weight is 558 g/mol. The Morgan fingerprint density at radius 2 is 1.98 bits per heavy atom. The highest BCUT2D eigenvalue weighted by Gasteiger charge is 2.51. The highest BCUT2D eigenvalue weighted by Crippen LogP contribution is 2.53. The maximum atomic E-state index is 14.5. The van der Waals surface area contributed by atoms with Crippen LogP contribution in [0.15, 0.2) is 71.7 Å². The number of allylic oxidation sites excluding steroid dienone is 1. The molecule has 4 atom stereocenters. The Morgan fingerprint density at radius 3 is 2.67 bits per heavy atom. The molecule has 6 rings (SSSR count). The molecule has 2 aliphatic carbocycles. The number of carbonyl (C=O) groups excluding carboxylic acids is 1. The van der Waals surface area contributed by atoms with Crippen LogP contribution in [0.2, 0.25) is 0 Å². The first-order valence-electron chi connectivity index (χ1n) is 13.4. The molecule has 1 aromatic carbocycles. The molecule has 0 saturated heterocycles. The Kier molecular flexibility index (Phi) is 6.37. The van der Waals surface area contributed by atoms with Gasteiger partial charge in [-0.15, -0.1) is 0 Å². The molecule has 1 fully saturated rings. The number of carbonyl (C=O) groups is 1. The summed E-state index contributed by atoms with van der Waals surface area (Å²) in [6, 6.07) is 9.97. The normalized spacial score (nSPS) is 22.5. The van der Waals surface area contributed by atoms with Crippen molar-refractivity contribution in [3.63, 3.8) is 0 Å². The molecule has 0 N–H and O–H groups in total. The quantitative estimate of drug-likeness (QED) is 0.240. The molecule has 4 aromatic rings. The summed E-state index contributed by atoms with van der Waals surface area (Å²) < 4.78 is 31.1. The number of ketones is 1. The van der Waals surface area contributed by atoms with Crippen molar-refractivity contribution in [2.45, 2.75) is 49.7 Å². The molecule has 1 saturated carbocycles. The van der Waals surface area contributed by atoms with Crippen LogP contribution in [0.4, 0.5) is 4.39 Å². The number of pyridine rings is 1.